The summed E-state index contributed by atoms with van der Waals surface area (Å²) in [5.74, 6) is -15.7. The van der Waals surface area contributed by atoms with Crippen LogP contribution >= 0.6 is 0 Å². The van der Waals surface area contributed by atoms with Gasteiger partial charge in [0.2, 0.25) is 59.1 Å². The maximum atomic E-state index is 13.9. The Balaban J connectivity index is 1.24. The smallest absolute Gasteiger partial charge is 0.336 e. The normalized spacial score (nSPS) is 13.7. The molecular weight excluding hydrogens is 1150 g/mol. The number of carbonyl (C=O) groups excluding carboxylic acids is 11. The lowest BCUT2D eigenvalue weighted by molar-refractivity contribution is -0.141. The number of hydrogen-bond donors (Lipinski definition) is 16. The predicted molar refractivity (Wildman–Crippen MR) is 302 cm³/mol. The van der Waals surface area contributed by atoms with Gasteiger partial charge >= 0.3 is 11.9 Å². The van der Waals surface area contributed by atoms with Gasteiger partial charge in [-0.15, -0.1) is 0 Å². The number of hydrogen-bond acceptors (Lipinski definition) is 18. The van der Waals surface area contributed by atoms with E-state index in [4.69, 9.17) is 21.6 Å². The molecule has 3 aromatic carbocycles. The first-order valence-corrected chi connectivity index (χ1v) is 26.4. The maximum Gasteiger partial charge on any atom is 0.336 e. The fourth-order valence-corrected chi connectivity index (χ4v) is 8.64. The van der Waals surface area contributed by atoms with Crippen LogP contribution in [0.15, 0.2) is 94.1 Å². The predicted octanol–water partition coefficient (Wildman–Crippen LogP) is -3.78. The third-order valence-corrected chi connectivity index (χ3v) is 13.1. The van der Waals surface area contributed by atoms with E-state index in [1.807, 2.05) is 5.32 Å². The molecule has 1 aliphatic carbocycles. The van der Waals surface area contributed by atoms with Crippen LogP contribution in [0.2, 0.25) is 0 Å². The van der Waals surface area contributed by atoms with E-state index in [9.17, 15) is 92.7 Å². The fraction of sp³-hybridized carbons (Fsp3) is 0.321. The minimum Gasteiger partial charge on any atom is -0.508 e. The van der Waals surface area contributed by atoms with Gasteiger partial charge in [-0.3, -0.25) is 62.3 Å². The summed E-state index contributed by atoms with van der Waals surface area (Å²) in [4.78, 5) is 181. The number of aliphatic hydroxyl groups excluding tert-OH is 2. The SMILES string of the molecule is C[C@H](NC(=O)[C@H](CCC(N)=O)NC(=O)[C@H](CCC(N)=O)NC(=O)[C@H](CC(=O)O)NC(=O)[C@H](CO)NC(=O)CNC(=O)c1ccc(-c2c3ccc(=O)cc-3oc3cc(O)ccc23)c(C(=O)O)c1)C(=O)N[C@H](C(=O)N[C@@H](Cc1ccccc1)C(N)=O)[C@@H](C)O. The van der Waals surface area contributed by atoms with E-state index >= 15 is 0 Å². The Morgan fingerprint density at radius 2 is 1.17 bits per heavy atom. The van der Waals surface area contributed by atoms with E-state index < -0.39 is 182 Å². The molecule has 2 aliphatic rings. The average Bonchev–Trinajstić information content (AvgIpc) is 2.54. The van der Waals surface area contributed by atoms with E-state index in [2.05, 4.69) is 37.2 Å². The molecule has 31 nitrogen and oxygen atoms in total. The Bertz CT molecular complexity index is 3500. The highest BCUT2D eigenvalue weighted by Gasteiger charge is 2.35. The summed E-state index contributed by atoms with van der Waals surface area (Å²) in [6.07, 6.45) is -5.23. The molecule has 1 heterocycles. The largest absolute Gasteiger partial charge is 0.508 e. The molecule has 0 unspecified atom stereocenters. The zero-order valence-electron chi connectivity index (χ0n) is 46.5. The van der Waals surface area contributed by atoms with Crippen LogP contribution in [0.5, 0.6) is 5.75 Å². The van der Waals surface area contributed by atoms with Gasteiger partial charge in [0, 0.05) is 53.5 Å². The molecular formula is C56H63N11O20. The highest BCUT2D eigenvalue weighted by atomic mass is 16.4. The van der Waals surface area contributed by atoms with Crippen molar-refractivity contribution < 1.29 is 92.3 Å². The topological polar surface area (TPSA) is 528 Å². The van der Waals surface area contributed by atoms with E-state index in [0.717, 1.165) is 19.9 Å². The number of phenols is 1. The van der Waals surface area contributed by atoms with Crippen LogP contribution in [0.1, 0.15) is 72.2 Å². The highest BCUT2D eigenvalue weighted by Crippen LogP contribution is 2.42. The van der Waals surface area contributed by atoms with Gasteiger partial charge in [-0.2, -0.15) is 0 Å². The zero-order chi connectivity index (χ0) is 64.4. The Hall–Kier alpha value is -10.8. The number of aliphatic carboxylic acids is 1. The summed E-state index contributed by atoms with van der Waals surface area (Å²) in [5, 5.41) is 68.6. The molecule has 3 aromatic rings. The number of carbonyl (C=O) groups is 13. The standard InChI is InChI=1S/C56H63N11O20/c1-25(49(78)67-47(26(2)69)55(84)65-37(48(59)77)18-27-6-4-3-5-7-27)61-51(80)35(14-16-42(57)72)63-52(81)36(15-17-43(58)73)64-53(82)38(22-45(75)76)66-54(83)39(24-68)62-44(74)23-60-50(79)28-8-11-31(34(19-28)56(85)86)46-32-12-9-29(70)20-40(32)87-41-21-30(71)10-13-33(41)46/h3-13,19-21,25-26,35-39,47,68-70H,14-18,22-24H2,1-2H3,(H2,57,72)(H2,58,73)(H2,59,77)(H,60,79)(H,61,80)(H,62,74)(H,63,81)(H,64,82)(H,65,84)(H,66,83)(H,67,78)(H,75,76)(H,85,86)/t25-,26+,35-,36-,37-,38-,39-,47-/m0/s1. The van der Waals surface area contributed by atoms with Crippen molar-refractivity contribution in [3.63, 3.8) is 0 Å². The van der Waals surface area contributed by atoms with E-state index in [0.29, 0.717) is 16.5 Å². The van der Waals surface area contributed by atoms with Crippen molar-refractivity contribution in [2.24, 2.45) is 17.2 Å². The molecule has 0 aromatic heterocycles. The number of primary amides is 3. The molecule has 31 heteroatoms. The first-order chi connectivity index (χ1) is 41.1. The molecule has 0 bridgehead atoms. The van der Waals surface area contributed by atoms with Gasteiger partial charge in [0.25, 0.3) is 5.91 Å². The first kappa shape index (κ1) is 67.0. The van der Waals surface area contributed by atoms with Gasteiger partial charge < -0.3 is 89.7 Å². The Morgan fingerprint density at radius 1 is 0.598 bits per heavy atom. The lowest BCUT2D eigenvalue weighted by Gasteiger charge is -2.27. The number of carboxylic acid groups (broad SMARTS) is 2. The van der Waals surface area contributed by atoms with E-state index in [1.165, 1.54) is 48.5 Å². The second-order valence-corrected chi connectivity index (χ2v) is 19.8. The van der Waals surface area contributed by atoms with Crippen LogP contribution in [0.3, 0.4) is 0 Å². The highest BCUT2D eigenvalue weighted by molar-refractivity contribution is 6.09. The fourth-order valence-electron chi connectivity index (χ4n) is 8.64. The van der Waals surface area contributed by atoms with Gasteiger partial charge in [0.1, 0.15) is 59.4 Å². The number of aromatic carboxylic acids is 1. The first-order valence-electron chi connectivity index (χ1n) is 26.4. The third-order valence-electron chi connectivity index (χ3n) is 13.1. The molecule has 19 N–H and O–H groups in total. The number of amides is 11. The molecule has 5 rings (SSSR count). The van der Waals surface area contributed by atoms with E-state index in [1.54, 1.807) is 30.3 Å². The molecule has 8 atom stereocenters. The number of aromatic hydroxyl groups is 1. The van der Waals surface area contributed by atoms with Gasteiger partial charge in [0.15, 0.2) is 5.43 Å². The number of carboxylic acids is 2. The van der Waals surface area contributed by atoms with Crippen LogP contribution in [0.25, 0.3) is 33.4 Å². The maximum absolute atomic E-state index is 13.9. The Kier molecular flexibility index (Phi) is 23.6. The molecule has 0 saturated heterocycles. The molecule has 1 aliphatic heterocycles. The summed E-state index contributed by atoms with van der Waals surface area (Å²) in [6, 6.07) is 7.54. The summed E-state index contributed by atoms with van der Waals surface area (Å²) >= 11 is 0. The van der Waals surface area contributed by atoms with Crippen molar-refractivity contribution in [2.45, 2.75) is 101 Å². The number of rotatable bonds is 31. The zero-order valence-corrected chi connectivity index (χ0v) is 46.5. The van der Waals surface area contributed by atoms with Crippen molar-refractivity contribution in [3.05, 3.63) is 112 Å². The van der Waals surface area contributed by atoms with E-state index in [-0.39, 0.29) is 40.2 Å². The quantitative estimate of drug-likeness (QED) is 0.0189. The molecule has 0 radical (unpaired) electrons. The minimum absolute atomic E-state index is 0.0463. The molecule has 462 valence electrons. The molecule has 0 saturated carbocycles. The van der Waals surface area contributed by atoms with Crippen molar-refractivity contribution in [1.82, 2.24) is 42.5 Å². The monoisotopic (exact) mass is 1210 g/mol. The van der Waals surface area contributed by atoms with Gasteiger partial charge in [-0.05, 0) is 74.2 Å². The number of nitrogens with one attached hydrogen (secondary N) is 8. The van der Waals surface area contributed by atoms with Crippen LogP contribution in [0.4, 0.5) is 0 Å². The van der Waals surface area contributed by atoms with Crippen LogP contribution in [0, 0.1) is 0 Å². The van der Waals surface area contributed by atoms with Crippen LogP contribution in [-0.4, -0.2) is 164 Å². The molecule has 87 heavy (non-hydrogen) atoms. The van der Waals surface area contributed by atoms with Crippen molar-refractivity contribution >= 4 is 87.9 Å². The number of aliphatic hydroxyl groups is 2. The van der Waals surface area contributed by atoms with Crippen molar-refractivity contribution in [2.75, 3.05) is 13.2 Å². The lowest BCUT2D eigenvalue weighted by atomic mass is 9.90. The van der Waals surface area contributed by atoms with Crippen molar-refractivity contribution in [3.8, 4) is 28.2 Å². The second kappa shape index (κ2) is 30.6. The number of benzene rings is 4. The Labute approximate surface area is 492 Å². The van der Waals surface area contributed by atoms with Gasteiger partial charge in [-0.25, -0.2) is 4.79 Å². The Morgan fingerprint density at radius 3 is 1.75 bits per heavy atom. The van der Waals surface area contributed by atoms with Gasteiger partial charge in [0.05, 0.1) is 31.2 Å². The average molecular weight is 1210 g/mol. The molecule has 0 fully saturated rings. The summed E-state index contributed by atoms with van der Waals surface area (Å²) in [5.41, 5.74) is 16.4. The minimum atomic E-state index is -2.11. The number of fused-ring (bicyclic) bond motifs is 2. The second-order valence-electron chi connectivity index (χ2n) is 19.8. The summed E-state index contributed by atoms with van der Waals surface area (Å²) in [7, 11) is 0. The number of nitrogens with two attached hydrogens (primary N) is 3. The van der Waals surface area contributed by atoms with Crippen LogP contribution < -0.4 is 65.2 Å². The van der Waals surface area contributed by atoms with Crippen molar-refractivity contribution in [1.29, 1.82) is 0 Å². The van der Waals surface area contributed by atoms with Crippen LogP contribution in [-0.2, 0) is 59.2 Å². The lowest BCUT2D eigenvalue weighted by Crippen LogP contribution is -2.61. The molecule has 11 amide bonds. The summed E-state index contributed by atoms with van der Waals surface area (Å²) < 4.78 is 5.83. The molecule has 0 spiro atoms. The third kappa shape index (κ3) is 19.1. The van der Waals surface area contributed by atoms with Gasteiger partial charge in [-0.1, -0.05) is 36.4 Å². The summed E-state index contributed by atoms with van der Waals surface area (Å²) in [6.45, 7) is 0.171. The number of phenolic OH excluding ortho intramolecular Hbond substituents is 1.